The number of nitrogens with zero attached hydrogens (tertiary/aromatic N) is 1. The first-order valence-corrected chi connectivity index (χ1v) is 7.98. The molecule has 2 aromatic carbocycles. The molecular formula is C19H22N2O. The molecule has 0 aliphatic carbocycles. The minimum Gasteiger partial charge on any atom is -0.385 e. The zero-order valence-corrected chi connectivity index (χ0v) is 13.0. The molecule has 0 radical (unpaired) electrons. The van der Waals surface area contributed by atoms with Crippen LogP contribution in [-0.4, -0.2) is 23.9 Å². The molecule has 1 N–H and O–H groups in total. The van der Waals surface area contributed by atoms with Crippen LogP contribution < -0.4 is 5.32 Å². The van der Waals surface area contributed by atoms with Crippen molar-refractivity contribution in [3.63, 3.8) is 0 Å². The average molecular weight is 294 g/mol. The molecule has 0 aromatic heterocycles. The number of hydrogen-bond donors (Lipinski definition) is 1. The molecule has 1 amide bonds. The summed E-state index contributed by atoms with van der Waals surface area (Å²) in [6, 6.07) is 16.2. The average Bonchev–Trinajstić information content (AvgIpc) is 2.59. The summed E-state index contributed by atoms with van der Waals surface area (Å²) in [4.78, 5) is 14.9. The summed E-state index contributed by atoms with van der Waals surface area (Å²) in [7, 11) is 0. The van der Waals surface area contributed by atoms with Crippen LogP contribution in [0.5, 0.6) is 0 Å². The molecule has 114 valence electrons. The second-order valence-electron chi connectivity index (χ2n) is 5.67. The van der Waals surface area contributed by atoms with E-state index in [9.17, 15) is 4.79 Å². The van der Waals surface area contributed by atoms with Crippen molar-refractivity contribution < 1.29 is 4.79 Å². The largest absolute Gasteiger partial charge is 0.385 e. The molecule has 0 saturated heterocycles. The predicted octanol–water partition coefficient (Wildman–Crippen LogP) is 3.71. The lowest BCUT2D eigenvalue weighted by Crippen LogP contribution is -2.31. The van der Waals surface area contributed by atoms with E-state index in [0.717, 1.165) is 30.6 Å². The maximum absolute atomic E-state index is 13.0. The van der Waals surface area contributed by atoms with Gasteiger partial charge in [-0.1, -0.05) is 36.4 Å². The van der Waals surface area contributed by atoms with Crippen molar-refractivity contribution in [2.45, 2.75) is 26.3 Å². The van der Waals surface area contributed by atoms with Gasteiger partial charge in [0.1, 0.15) is 0 Å². The van der Waals surface area contributed by atoms with Crippen LogP contribution in [0.25, 0.3) is 0 Å². The number of carbonyl (C=O) groups excluding carboxylic acids is 1. The van der Waals surface area contributed by atoms with E-state index in [2.05, 4.69) is 23.5 Å². The van der Waals surface area contributed by atoms with E-state index < -0.39 is 0 Å². The molecule has 0 unspecified atom stereocenters. The lowest BCUT2D eigenvalue weighted by atomic mass is 9.96. The van der Waals surface area contributed by atoms with E-state index in [0.29, 0.717) is 13.1 Å². The van der Waals surface area contributed by atoms with Crippen LogP contribution in [0, 0.1) is 0 Å². The molecule has 0 atom stereocenters. The molecule has 0 saturated carbocycles. The summed E-state index contributed by atoms with van der Waals surface area (Å²) >= 11 is 0. The third-order valence-corrected chi connectivity index (χ3v) is 4.21. The van der Waals surface area contributed by atoms with E-state index in [-0.39, 0.29) is 5.91 Å². The van der Waals surface area contributed by atoms with Gasteiger partial charge in [-0.25, -0.2) is 0 Å². The number of rotatable bonds is 4. The molecule has 2 aromatic rings. The lowest BCUT2D eigenvalue weighted by molar-refractivity contribution is 0.0751. The number of fused-ring (bicyclic) bond motifs is 1. The van der Waals surface area contributed by atoms with Gasteiger partial charge >= 0.3 is 0 Å². The number of benzene rings is 2. The number of amides is 1. The normalized spacial score (nSPS) is 13.1. The highest BCUT2D eigenvalue weighted by molar-refractivity contribution is 5.97. The van der Waals surface area contributed by atoms with Crippen molar-refractivity contribution in [1.29, 1.82) is 0 Å². The third kappa shape index (κ3) is 2.98. The van der Waals surface area contributed by atoms with Crippen LogP contribution >= 0.6 is 0 Å². The third-order valence-electron chi connectivity index (χ3n) is 4.21. The Hall–Kier alpha value is -2.29. The van der Waals surface area contributed by atoms with Crippen molar-refractivity contribution in [3.05, 3.63) is 65.2 Å². The zero-order valence-electron chi connectivity index (χ0n) is 13.0. The fourth-order valence-corrected chi connectivity index (χ4v) is 3.01. The van der Waals surface area contributed by atoms with E-state index >= 15 is 0 Å². The lowest BCUT2D eigenvalue weighted by Gasteiger charge is -2.25. The summed E-state index contributed by atoms with van der Waals surface area (Å²) < 4.78 is 0. The number of carbonyl (C=O) groups is 1. The maximum atomic E-state index is 13.0. The molecule has 22 heavy (non-hydrogen) atoms. The first-order valence-electron chi connectivity index (χ1n) is 7.98. The molecule has 1 heterocycles. The molecular weight excluding hydrogens is 272 g/mol. The molecule has 1 aliphatic rings. The number of nitrogens with one attached hydrogen (secondary N) is 1. The Kier molecular flexibility index (Phi) is 4.42. The fourth-order valence-electron chi connectivity index (χ4n) is 3.01. The molecule has 0 bridgehead atoms. The van der Waals surface area contributed by atoms with Gasteiger partial charge in [-0.05, 0) is 43.0 Å². The minimum absolute atomic E-state index is 0.131. The van der Waals surface area contributed by atoms with Gasteiger partial charge in [0.2, 0.25) is 0 Å². The van der Waals surface area contributed by atoms with Crippen molar-refractivity contribution in [3.8, 4) is 0 Å². The van der Waals surface area contributed by atoms with Gasteiger partial charge in [-0.15, -0.1) is 0 Å². The van der Waals surface area contributed by atoms with Crippen molar-refractivity contribution in [2.24, 2.45) is 0 Å². The van der Waals surface area contributed by atoms with Gasteiger partial charge in [-0.3, -0.25) is 4.79 Å². The molecule has 3 nitrogen and oxygen atoms in total. The molecule has 0 fully saturated rings. The minimum atomic E-state index is 0.131. The SMILES string of the molecule is CCN(Cc1ccccc1)C(=O)c1cccc2c1CCCN2. The number of anilines is 1. The number of hydrogen-bond acceptors (Lipinski definition) is 2. The highest BCUT2D eigenvalue weighted by atomic mass is 16.2. The van der Waals surface area contributed by atoms with Crippen LogP contribution in [-0.2, 0) is 13.0 Å². The van der Waals surface area contributed by atoms with E-state index in [4.69, 9.17) is 0 Å². The van der Waals surface area contributed by atoms with Gasteiger partial charge in [0.05, 0.1) is 0 Å². The summed E-state index contributed by atoms with van der Waals surface area (Å²) in [5.41, 5.74) is 4.31. The van der Waals surface area contributed by atoms with E-state index in [1.165, 1.54) is 11.1 Å². The summed E-state index contributed by atoms with van der Waals surface area (Å²) in [6.45, 7) is 4.40. The quantitative estimate of drug-likeness (QED) is 0.932. The van der Waals surface area contributed by atoms with Crippen LogP contribution in [0.1, 0.15) is 34.8 Å². The van der Waals surface area contributed by atoms with Crippen LogP contribution in [0.2, 0.25) is 0 Å². The predicted molar refractivity (Wildman–Crippen MR) is 90.1 cm³/mol. The van der Waals surface area contributed by atoms with Crippen molar-refractivity contribution in [2.75, 3.05) is 18.4 Å². The highest BCUT2D eigenvalue weighted by Crippen LogP contribution is 2.26. The van der Waals surface area contributed by atoms with Gasteiger partial charge in [0, 0.05) is 30.9 Å². The first-order chi connectivity index (χ1) is 10.8. The molecule has 3 rings (SSSR count). The van der Waals surface area contributed by atoms with Gasteiger partial charge in [0.15, 0.2) is 0 Å². The highest BCUT2D eigenvalue weighted by Gasteiger charge is 2.21. The second-order valence-corrected chi connectivity index (χ2v) is 5.67. The molecule has 1 aliphatic heterocycles. The van der Waals surface area contributed by atoms with Crippen LogP contribution in [0.3, 0.4) is 0 Å². The fraction of sp³-hybridized carbons (Fsp3) is 0.316. The summed E-state index contributed by atoms with van der Waals surface area (Å²) in [6.07, 6.45) is 2.06. The monoisotopic (exact) mass is 294 g/mol. The summed E-state index contributed by atoms with van der Waals surface area (Å²) in [5, 5.41) is 3.39. The van der Waals surface area contributed by atoms with Gasteiger partial charge in [-0.2, -0.15) is 0 Å². The van der Waals surface area contributed by atoms with Crippen LogP contribution in [0.4, 0.5) is 5.69 Å². The Balaban J connectivity index is 1.86. The van der Waals surface area contributed by atoms with Gasteiger partial charge < -0.3 is 10.2 Å². The first kappa shape index (κ1) is 14.6. The Morgan fingerprint density at radius 2 is 1.95 bits per heavy atom. The Labute approximate surface area is 132 Å². The zero-order chi connectivity index (χ0) is 15.4. The van der Waals surface area contributed by atoms with Crippen molar-refractivity contribution >= 4 is 11.6 Å². The standard InChI is InChI=1S/C19H22N2O/c1-2-21(14-15-8-4-3-5-9-15)19(22)17-10-6-12-18-16(17)11-7-13-20-18/h3-6,8-10,12,20H,2,7,11,13-14H2,1H3. The van der Waals surface area contributed by atoms with Gasteiger partial charge in [0.25, 0.3) is 5.91 Å². The van der Waals surface area contributed by atoms with E-state index in [1.54, 1.807) is 0 Å². The van der Waals surface area contributed by atoms with Crippen LogP contribution in [0.15, 0.2) is 48.5 Å². The van der Waals surface area contributed by atoms with E-state index in [1.807, 2.05) is 42.2 Å². The molecule has 3 heteroatoms. The second kappa shape index (κ2) is 6.65. The Morgan fingerprint density at radius 3 is 2.73 bits per heavy atom. The Bertz CT molecular complexity index is 652. The smallest absolute Gasteiger partial charge is 0.254 e. The Morgan fingerprint density at radius 1 is 1.14 bits per heavy atom. The topological polar surface area (TPSA) is 32.3 Å². The molecule has 0 spiro atoms. The van der Waals surface area contributed by atoms with Crippen molar-refractivity contribution in [1.82, 2.24) is 4.90 Å². The maximum Gasteiger partial charge on any atom is 0.254 e. The summed E-state index contributed by atoms with van der Waals surface area (Å²) in [5.74, 6) is 0.131.